The molecule has 68 valence electrons. The Labute approximate surface area is 76.4 Å². The Morgan fingerprint density at radius 3 is 3.08 bits per heavy atom. The van der Waals surface area contributed by atoms with Crippen molar-refractivity contribution in [1.82, 2.24) is 9.88 Å². The first-order valence-electron chi connectivity index (χ1n) is 4.13. The van der Waals surface area contributed by atoms with E-state index in [0.717, 1.165) is 24.3 Å². The van der Waals surface area contributed by atoms with E-state index in [1.165, 1.54) is 0 Å². The predicted molar refractivity (Wildman–Crippen MR) is 47.9 cm³/mol. The molecule has 1 aliphatic heterocycles. The van der Waals surface area contributed by atoms with Crippen LogP contribution in [-0.2, 0) is 13.1 Å². The van der Waals surface area contributed by atoms with Crippen molar-refractivity contribution in [3.8, 4) is 0 Å². The Morgan fingerprint density at radius 1 is 1.62 bits per heavy atom. The number of fused-ring (bicyclic) bond motifs is 1. The lowest BCUT2D eigenvalue weighted by molar-refractivity contribution is 0.1000. The van der Waals surface area contributed by atoms with Gasteiger partial charge in [-0.05, 0) is 18.7 Å². The topological polar surface area (TPSA) is 59.2 Å². The molecule has 0 unspecified atom stereocenters. The van der Waals surface area contributed by atoms with Gasteiger partial charge in [0.15, 0.2) is 0 Å². The van der Waals surface area contributed by atoms with E-state index in [2.05, 4.69) is 9.88 Å². The number of nitrogens with two attached hydrogens (primary N) is 1. The number of pyridine rings is 1. The van der Waals surface area contributed by atoms with Crippen LogP contribution in [0.1, 0.15) is 21.6 Å². The first kappa shape index (κ1) is 8.19. The summed E-state index contributed by atoms with van der Waals surface area (Å²) in [6, 6.07) is 1.83. The fraction of sp³-hybridized carbons (Fsp3) is 0.333. The molecule has 1 amide bonds. The van der Waals surface area contributed by atoms with Gasteiger partial charge in [0.2, 0.25) is 5.91 Å². The number of hydrogen-bond donors (Lipinski definition) is 1. The highest BCUT2D eigenvalue weighted by molar-refractivity contribution is 5.92. The highest BCUT2D eigenvalue weighted by atomic mass is 16.1. The lowest BCUT2D eigenvalue weighted by Crippen LogP contribution is -2.11. The summed E-state index contributed by atoms with van der Waals surface area (Å²) < 4.78 is 0. The summed E-state index contributed by atoms with van der Waals surface area (Å²) in [6.07, 6.45) is 1.54. The average molecular weight is 177 g/mol. The average Bonchev–Trinajstić information content (AvgIpc) is 2.42. The van der Waals surface area contributed by atoms with Gasteiger partial charge in [0.05, 0.1) is 11.3 Å². The van der Waals surface area contributed by atoms with Gasteiger partial charge >= 0.3 is 0 Å². The molecule has 1 aromatic rings. The third kappa shape index (κ3) is 1.40. The minimum absolute atomic E-state index is 0.412. The summed E-state index contributed by atoms with van der Waals surface area (Å²) in [4.78, 5) is 17.2. The second-order valence-corrected chi connectivity index (χ2v) is 3.37. The summed E-state index contributed by atoms with van der Waals surface area (Å²) in [7, 11) is 2.02. The molecule has 0 aliphatic carbocycles. The van der Waals surface area contributed by atoms with Crippen LogP contribution in [0, 0.1) is 0 Å². The van der Waals surface area contributed by atoms with Crippen molar-refractivity contribution in [3.05, 3.63) is 29.1 Å². The first-order valence-corrected chi connectivity index (χ1v) is 4.13. The van der Waals surface area contributed by atoms with E-state index in [4.69, 9.17) is 5.73 Å². The number of nitrogens with zero attached hydrogens (tertiary/aromatic N) is 2. The second-order valence-electron chi connectivity index (χ2n) is 3.37. The standard InChI is InChI=1S/C9H11N3O/c1-12-4-7-2-6(9(10)13)3-11-8(7)5-12/h2-3H,4-5H2,1H3,(H2,10,13). The van der Waals surface area contributed by atoms with Crippen LogP contribution in [0.4, 0.5) is 0 Å². The van der Waals surface area contributed by atoms with Gasteiger partial charge in [0, 0.05) is 19.3 Å². The molecule has 2 heterocycles. The summed E-state index contributed by atoms with van der Waals surface area (Å²) in [5.41, 5.74) is 7.80. The molecular weight excluding hydrogens is 166 g/mol. The van der Waals surface area contributed by atoms with Crippen LogP contribution in [0.15, 0.2) is 12.3 Å². The fourth-order valence-corrected chi connectivity index (χ4v) is 1.56. The fourth-order valence-electron chi connectivity index (χ4n) is 1.56. The normalized spacial score (nSPS) is 15.8. The molecule has 2 N–H and O–H groups in total. The largest absolute Gasteiger partial charge is 0.366 e. The van der Waals surface area contributed by atoms with Crippen molar-refractivity contribution in [2.75, 3.05) is 7.05 Å². The number of carbonyl (C=O) groups excluding carboxylic acids is 1. The number of carbonyl (C=O) groups is 1. The van der Waals surface area contributed by atoms with E-state index < -0.39 is 5.91 Å². The number of hydrogen-bond acceptors (Lipinski definition) is 3. The summed E-state index contributed by atoms with van der Waals surface area (Å²) in [6.45, 7) is 1.71. The lowest BCUT2D eigenvalue weighted by atomic mass is 10.1. The van der Waals surface area contributed by atoms with Gasteiger partial charge in [0.25, 0.3) is 0 Å². The Hall–Kier alpha value is -1.42. The van der Waals surface area contributed by atoms with Gasteiger partial charge in [-0.1, -0.05) is 0 Å². The molecule has 0 fully saturated rings. The molecule has 1 aromatic heterocycles. The van der Waals surface area contributed by atoms with Crippen molar-refractivity contribution in [2.24, 2.45) is 5.73 Å². The number of primary amides is 1. The van der Waals surface area contributed by atoms with E-state index in [-0.39, 0.29) is 0 Å². The monoisotopic (exact) mass is 177 g/mol. The Kier molecular flexibility index (Phi) is 1.77. The van der Waals surface area contributed by atoms with E-state index in [0.29, 0.717) is 5.56 Å². The van der Waals surface area contributed by atoms with Crippen LogP contribution in [0.25, 0.3) is 0 Å². The van der Waals surface area contributed by atoms with Crippen LogP contribution < -0.4 is 5.73 Å². The summed E-state index contributed by atoms with van der Waals surface area (Å²) in [5, 5.41) is 0. The minimum Gasteiger partial charge on any atom is -0.366 e. The molecule has 0 saturated carbocycles. The molecule has 0 aromatic carbocycles. The third-order valence-electron chi connectivity index (χ3n) is 2.20. The van der Waals surface area contributed by atoms with Gasteiger partial charge in [-0.3, -0.25) is 14.7 Å². The van der Waals surface area contributed by atoms with Crippen LogP contribution in [-0.4, -0.2) is 22.8 Å². The highest BCUT2D eigenvalue weighted by Crippen LogP contribution is 2.19. The Balaban J connectivity index is 2.40. The van der Waals surface area contributed by atoms with Gasteiger partial charge in [0.1, 0.15) is 0 Å². The molecule has 2 rings (SSSR count). The van der Waals surface area contributed by atoms with E-state index in [9.17, 15) is 4.79 Å². The SMILES string of the molecule is CN1Cc2cc(C(N)=O)cnc2C1. The lowest BCUT2D eigenvalue weighted by Gasteiger charge is -2.02. The number of amides is 1. The summed E-state index contributed by atoms with van der Waals surface area (Å²) in [5.74, 6) is -0.412. The zero-order valence-corrected chi connectivity index (χ0v) is 7.45. The molecule has 0 saturated heterocycles. The maximum Gasteiger partial charge on any atom is 0.250 e. The zero-order chi connectivity index (χ0) is 9.42. The van der Waals surface area contributed by atoms with Crippen molar-refractivity contribution < 1.29 is 4.79 Å². The molecule has 4 heteroatoms. The van der Waals surface area contributed by atoms with Crippen molar-refractivity contribution in [2.45, 2.75) is 13.1 Å². The molecule has 0 spiro atoms. The van der Waals surface area contributed by atoms with E-state index in [1.54, 1.807) is 6.20 Å². The molecule has 4 nitrogen and oxygen atoms in total. The van der Waals surface area contributed by atoms with Gasteiger partial charge in [-0.25, -0.2) is 0 Å². The Morgan fingerprint density at radius 2 is 2.38 bits per heavy atom. The molecular formula is C9H11N3O. The number of aromatic nitrogens is 1. The van der Waals surface area contributed by atoms with Gasteiger partial charge in [-0.2, -0.15) is 0 Å². The van der Waals surface area contributed by atoms with Gasteiger partial charge < -0.3 is 5.73 Å². The van der Waals surface area contributed by atoms with Crippen LogP contribution in [0.2, 0.25) is 0 Å². The predicted octanol–water partition coefficient (Wildman–Crippen LogP) is 0.126. The van der Waals surface area contributed by atoms with Crippen LogP contribution >= 0.6 is 0 Å². The minimum atomic E-state index is -0.412. The van der Waals surface area contributed by atoms with Crippen molar-refractivity contribution in [1.29, 1.82) is 0 Å². The van der Waals surface area contributed by atoms with Crippen molar-refractivity contribution >= 4 is 5.91 Å². The molecule has 0 atom stereocenters. The maximum absolute atomic E-state index is 10.9. The first-order chi connectivity index (χ1) is 6.16. The number of rotatable bonds is 1. The molecule has 13 heavy (non-hydrogen) atoms. The van der Waals surface area contributed by atoms with Crippen molar-refractivity contribution in [3.63, 3.8) is 0 Å². The molecule has 1 aliphatic rings. The van der Waals surface area contributed by atoms with Crippen LogP contribution in [0.5, 0.6) is 0 Å². The third-order valence-corrected chi connectivity index (χ3v) is 2.20. The van der Waals surface area contributed by atoms with E-state index in [1.807, 2.05) is 13.1 Å². The van der Waals surface area contributed by atoms with Gasteiger partial charge in [-0.15, -0.1) is 0 Å². The zero-order valence-electron chi connectivity index (χ0n) is 7.45. The highest BCUT2D eigenvalue weighted by Gasteiger charge is 2.17. The quantitative estimate of drug-likeness (QED) is 0.663. The molecule has 0 radical (unpaired) electrons. The maximum atomic E-state index is 10.9. The smallest absolute Gasteiger partial charge is 0.250 e. The Bertz CT molecular complexity index is 362. The van der Waals surface area contributed by atoms with E-state index >= 15 is 0 Å². The summed E-state index contributed by atoms with van der Waals surface area (Å²) >= 11 is 0. The van der Waals surface area contributed by atoms with Crippen LogP contribution in [0.3, 0.4) is 0 Å². The molecule has 0 bridgehead atoms. The second kappa shape index (κ2) is 2.81.